The number of hydrogen-bond donors (Lipinski definition) is 1. The molecule has 0 amide bonds. The van der Waals surface area contributed by atoms with E-state index < -0.39 is 0 Å². The van der Waals surface area contributed by atoms with Crippen molar-refractivity contribution in [2.45, 2.75) is 51.8 Å². The summed E-state index contributed by atoms with van der Waals surface area (Å²) in [7, 11) is 0. The fraction of sp³-hybridized carbons (Fsp3) is 0.917. The first-order chi connectivity index (χ1) is 7.11. The van der Waals surface area contributed by atoms with Gasteiger partial charge in [-0.1, -0.05) is 27.7 Å². The maximum Gasteiger partial charge on any atom is 0.0960 e. The zero-order valence-electron chi connectivity index (χ0n) is 10.4. The second-order valence-corrected chi connectivity index (χ2v) is 5.73. The molecule has 0 saturated heterocycles. The Balaban J connectivity index is 3.59. The van der Waals surface area contributed by atoms with Gasteiger partial charge >= 0.3 is 0 Å². The van der Waals surface area contributed by atoms with Gasteiger partial charge in [0.15, 0.2) is 0 Å². The van der Waals surface area contributed by atoms with Gasteiger partial charge in [0, 0.05) is 5.25 Å². The molecule has 0 aliphatic heterocycles. The molecule has 3 heteroatoms. The molecule has 0 aliphatic carbocycles. The van der Waals surface area contributed by atoms with E-state index >= 15 is 0 Å². The zero-order chi connectivity index (χ0) is 11.7. The van der Waals surface area contributed by atoms with Crippen LogP contribution in [0.2, 0.25) is 0 Å². The van der Waals surface area contributed by atoms with Crippen molar-refractivity contribution in [3.8, 4) is 6.07 Å². The standard InChI is InChI=1S/C12H24N2S/c1-5-7-14-12(9-13)6-8-15-11(4)10(2)3/h10-12,14H,5-8H2,1-4H3. The van der Waals surface area contributed by atoms with E-state index in [9.17, 15) is 0 Å². The molecule has 0 bridgehead atoms. The average molecular weight is 228 g/mol. The smallest absolute Gasteiger partial charge is 0.0960 e. The average Bonchev–Trinajstić information content (AvgIpc) is 2.22. The Morgan fingerprint density at radius 1 is 1.33 bits per heavy atom. The SMILES string of the molecule is CCCNC(C#N)CCSC(C)C(C)C. The minimum Gasteiger partial charge on any atom is -0.302 e. The molecular formula is C12H24N2S. The van der Waals surface area contributed by atoms with Crippen molar-refractivity contribution in [2.75, 3.05) is 12.3 Å². The third kappa shape index (κ3) is 7.70. The topological polar surface area (TPSA) is 35.8 Å². The van der Waals surface area contributed by atoms with E-state index in [0.717, 1.165) is 31.1 Å². The lowest BCUT2D eigenvalue weighted by molar-refractivity contribution is 0.583. The van der Waals surface area contributed by atoms with E-state index in [4.69, 9.17) is 5.26 Å². The molecule has 0 aliphatic rings. The van der Waals surface area contributed by atoms with Crippen molar-refractivity contribution >= 4 is 11.8 Å². The van der Waals surface area contributed by atoms with Crippen molar-refractivity contribution in [3.05, 3.63) is 0 Å². The summed E-state index contributed by atoms with van der Waals surface area (Å²) in [5.41, 5.74) is 0. The predicted octanol–water partition coefficient (Wildman–Crippen LogP) is 3.05. The van der Waals surface area contributed by atoms with Crippen LogP contribution >= 0.6 is 11.8 Å². The molecule has 2 atom stereocenters. The number of rotatable bonds is 8. The van der Waals surface area contributed by atoms with E-state index in [0.29, 0.717) is 5.25 Å². The quantitative estimate of drug-likeness (QED) is 0.693. The van der Waals surface area contributed by atoms with Crippen LogP contribution < -0.4 is 5.32 Å². The summed E-state index contributed by atoms with van der Waals surface area (Å²) in [6.45, 7) is 9.82. The molecular weight excluding hydrogens is 204 g/mol. The van der Waals surface area contributed by atoms with Gasteiger partial charge in [-0.3, -0.25) is 0 Å². The molecule has 15 heavy (non-hydrogen) atoms. The minimum atomic E-state index is 0.0387. The third-order valence-electron chi connectivity index (χ3n) is 2.52. The van der Waals surface area contributed by atoms with E-state index in [1.54, 1.807) is 0 Å². The molecule has 0 aromatic heterocycles. The molecule has 0 heterocycles. The van der Waals surface area contributed by atoms with Gasteiger partial charge in [-0.25, -0.2) is 0 Å². The lowest BCUT2D eigenvalue weighted by Crippen LogP contribution is -2.29. The highest BCUT2D eigenvalue weighted by molar-refractivity contribution is 7.99. The maximum atomic E-state index is 8.91. The van der Waals surface area contributed by atoms with Gasteiger partial charge in [-0.05, 0) is 31.1 Å². The Hall–Kier alpha value is -0.200. The van der Waals surface area contributed by atoms with Crippen LogP contribution in [0, 0.1) is 17.2 Å². The Bertz CT molecular complexity index is 187. The van der Waals surface area contributed by atoms with Gasteiger partial charge in [0.05, 0.1) is 12.1 Å². The van der Waals surface area contributed by atoms with Crippen LogP contribution in [0.5, 0.6) is 0 Å². The molecule has 0 radical (unpaired) electrons. The number of nitrogens with zero attached hydrogens (tertiary/aromatic N) is 1. The number of hydrogen-bond acceptors (Lipinski definition) is 3. The van der Waals surface area contributed by atoms with Crippen LogP contribution in [0.25, 0.3) is 0 Å². The number of nitrogens with one attached hydrogen (secondary N) is 1. The lowest BCUT2D eigenvalue weighted by Gasteiger charge is -2.16. The minimum absolute atomic E-state index is 0.0387. The molecule has 0 fully saturated rings. The lowest BCUT2D eigenvalue weighted by atomic mass is 10.2. The Morgan fingerprint density at radius 3 is 2.47 bits per heavy atom. The summed E-state index contributed by atoms with van der Waals surface area (Å²) < 4.78 is 0. The van der Waals surface area contributed by atoms with Crippen LogP contribution in [0.1, 0.15) is 40.5 Å². The van der Waals surface area contributed by atoms with E-state index in [1.165, 1.54) is 0 Å². The summed E-state index contributed by atoms with van der Waals surface area (Å²) in [5, 5.41) is 12.8. The fourth-order valence-electron chi connectivity index (χ4n) is 1.10. The van der Waals surface area contributed by atoms with Crippen LogP contribution in [0.3, 0.4) is 0 Å². The highest BCUT2D eigenvalue weighted by Crippen LogP contribution is 2.19. The normalized spacial score (nSPS) is 14.9. The molecule has 0 rings (SSSR count). The van der Waals surface area contributed by atoms with Crippen molar-refractivity contribution in [1.82, 2.24) is 5.32 Å². The highest BCUT2D eigenvalue weighted by atomic mass is 32.2. The van der Waals surface area contributed by atoms with Crippen LogP contribution in [0.15, 0.2) is 0 Å². The summed E-state index contributed by atoms with van der Waals surface area (Å²) in [6.07, 6.45) is 2.05. The molecule has 0 spiro atoms. The first-order valence-electron chi connectivity index (χ1n) is 5.86. The summed E-state index contributed by atoms with van der Waals surface area (Å²) in [6, 6.07) is 2.35. The van der Waals surface area contributed by atoms with Crippen LogP contribution in [0.4, 0.5) is 0 Å². The van der Waals surface area contributed by atoms with Crippen molar-refractivity contribution in [3.63, 3.8) is 0 Å². The molecule has 2 unspecified atom stereocenters. The number of nitriles is 1. The van der Waals surface area contributed by atoms with Gasteiger partial charge in [0.1, 0.15) is 0 Å². The van der Waals surface area contributed by atoms with Crippen molar-refractivity contribution in [1.29, 1.82) is 5.26 Å². The van der Waals surface area contributed by atoms with Gasteiger partial charge in [-0.15, -0.1) is 0 Å². The Labute approximate surface area is 98.8 Å². The first kappa shape index (κ1) is 14.8. The molecule has 0 saturated carbocycles. The fourth-order valence-corrected chi connectivity index (χ4v) is 2.22. The molecule has 88 valence electrons. The Morgan fingerprint density at radius 2 is 2.00 bits per heavy atom. The molecule has 1 N–H and O–H groups in total. The van der Waals surface area contributed by atoms with E-state index in [1.807, 2.05) is 11.8 Å². The van der Waals surface area contributed by atoms with Gasteiger partial charge in [0.2, 0.25) is 0 Å². The molecule has 0 aromatic carbocycles. The van der Waals surface area contributed by atoms with E-state index in [2.05, 4.69) is 39.1 Å². The first-order valence-corrected chi connectivity index (χ1v) is 6.91. The van der Waals surface area contributed by atoms with Gasteiger partial charge < -0.3 is 5.32 Å². The molecule has 0 aromatic rings. The maximum absolute atomic E-state index is 8.91. The second kappa shape index (κ2) is 9.06. The van der Waals surface area contributed by atoms with Crippen molar-refractivity contribution in [2.24, 2.45) is 5.92 Å². The van der Waals surface area contributed by atoms with Crippen LogP contribution in [-0.2, 0) is 0 Å². The number of thioether (sulfide) groups is 1. The third-order valence-corrected chi connectivity index (χ3v) is 4.06. The zero-order valence-corrected chi connectivity index (χ0v) is 11.2. The Kier molecular flexibility index (Phi) is 8.94. The predicted molar refractivity (Wildman–Crippen MR) is 69.1 cm³/mol. The monoisotopic (exact) mass is 228 g/mol. The van der Waals surface area contributed by atoms with Crippen LogP contribution in [-0.4, -0.2) is 23.6 Å². The summed E-state index contributed by atoms with van der Waals surface area (Å²) >= 11 is 1.97. The largest absolute Gasteiger partial charge is 0.302 e. The van der Waals surface area contributed by atoms with E-state index in [-0.39, 0.29) is 6.04 Å². The highest BCUT2D eigenvalue weighted by Gasteiger charge is 2.10. The van der Waals surface area contributed by atoms with Gasteiger partial charge in [-0.2, -0.15) is 17.0 Å². The van der Waals surface area contributed by atoms with Gasteiger partial charge in [0.25, 0.3) is 0 Å². The van der Waals surface area contributed by atoms with Crippen molar-refractivity contribution < 1.29 is 0 Å². The molecule has 2 nitrogen and oxygen atoms in total. The summed E-state index contributed by atoms with van der Waals surface area (Å²) in [5.74, 6) is 1.80. The second-order valence-electron chi connectivity index (χ2n) is 4.24. The summed E-state index contributed by atoms with van der Waals surface area (Å²) in [4.78, 5) is 0.